The van der Waals surface area contributed by atoms with Crippen molar-refractivity contribution in [3.8, 4) is 0 Å². The molecule has 0 amide bonds. The van der Waals surface area contributed by atoms with Crippen LogP contribution in [-0.2, 0) is 9.53 Å². The van der Waals surface area contributed by atoms with E-state index < -0.39 is 0 Å². The summed E-state index contributed by atoms with van der Waals surface area (Å²) in [6.07, 6.45) is 3.21. The molecule has 3 nitrogen and oxygen atoms in total. The van der Waals surface area contributed by atoms with Crippen molar-refractivity contribution in [2.75, 3.05) is 38.8 Å². The number of likely N-dealkylation sites (N-methyl/N-ethyl adjacent to an activating group) is 1. The fourth-order valence-corrected chi connectivity index (χ4v) is 1.40. The Morgan fingerprint density at radius 1 is 1.54 bits per heavy atom. The fraction of sp³-hybridized carbons (Fsp3) is 0.889. The molecule has 4 heteroatoms. The standard InChI is InChI=1S/C9H19NO2S/c1-4-12-9(11)8-10(2)6-5-7-13-3/h4-8H2,1-3H3. The van der Waals surface area contributed by atoms with Crippen molar-refractivity contribution in [1.29, 1.82) is 0 Å². The lowest BCUT2D eigenvalue weighted by Crippen LogP contribution is -2.28. The second kappa shape index (κ2) is 8.38. The van der Waals surface area contributed by atoms with Gasteiger partial charge in [-0.2, -0.15) is 11.8 Å². The number of carbonyl (C=O) groups is 1. The lowest BCUT2D eigenvalue weighted by molar-refractivity contribution is -0.144. The summed E-state index contributed by atoms with van der Waals surface area (Å²) in [5.74, 6) is 1.02. The lowest BCUT2D eigenvalue weighted by atomic mass is 10.4. The minimum absolute atomic E-state index is 0.130. The van der Waals surface area contributed by atoms with Crippen molar-refractivity contribution in [1.82, 2.24) is 4.90 Å². The zero-order chi connectivity index (χ0) is 10.1. The maximum atomic E-state index is 11.0. The van der Waals surface area contributed by atoms with E-state index >= 15 is 0 Å². The van der Waals surface area contributed by atoms with Crippen molar-refractivity contribution >= 4 is 17.7 Å². The van der Waals surface area contributed by atoms with Crippen LogP contribution in [0.4, 0.5) is 0 Å². The summed E-state index contributed by atoms with van der Waals surface area (Å²) in [7, 11) is 1.94. The van der Waals surface area contributed by atoms with Crippen LogP contribution < -0.4 is 0 Å². The zero-order valence-electron chi connectivity index (χ0n) is 8.71. The van der Waals surface area contributed by atoms with Crippen LogP contribution in [0, 0.1) is 0 Å². The van der Waals surface area contributed by atoms with Crippen LogP contribution >= 0.6 is 11.8 Å². The molecule has 0 heterocycles. The van der Waals surface area contributed by atoms with Crippen molar-refractivity contribution in [3.63, 3.8) is 0 Å². The summed E-state index contributed by atoms with van der Waals surface area (Å²) >= 11 is 1.83. The Labute approximate surface area is 84.8 Å². The largest absolute Gasteiger partial charge is 0.465 e. The third-order valence-electron chi connectivity index (χ3n) is 1.59. The normalized spacial score (nSPS) is 10.5. The average Bonchev–Trinajstić information content (AvgIpc) is 2.05. The maximum absolute atomic E-state index is 11.0. The first kappa shape index (κ1) is 12.8. The van der Waals surface area contributed by atoms with Crippen molar-refractivity contribution < 1.29 is 9.53 Å². The molecule has 0 bridgehead atoms. The molecule has 0 aromatic rings. The van der Waals surface area contributed by atoms with Crippen LogP contribution in [0.2, 0.25) is 0 Å². The van der Waals surface area contributed by atoms with Crippen LogP contribution in [0.3, 0.4) is 0 Å². The summed E-state index contributed by atoms with van der Waals surface area (Å²) in [6.45, 7) is 3.66. The minimum Gasteiger partial charge on any atom is -0.465 e. The second-order valence-corrected chi connectivity index (χ2v) is 3.87. The molecule has 0 rings (SSSR count). The number of carbonyl (C=O) groups excluding carboxylic acids is 1. The molecule has 78 valence electrons. The highest BCUT2D eigenvalue weighted by Crippen LogP contribution is 1.97. The summed E-state index contributed by atoms with van der Waals surface area (Å²) in [4.78, 5) is 13.0. The Morgan fingerprint density at radius 3 is 2.77 bits per heavy atom. The van der Waals surface area contributed by atoms with Gasteiger partial charge < -0.3 is 4.74 Å². The van der Waals surface area contributed by atoms with Gasteiger partial charge in [0.1, 0.15) is 0 Å². The van der Waals surface area contributed by atoms with Crippen molar-refractivity contribution in [3.05, 3.63) is 0 Å². The predicted octanol–water partition coefficient (Wildman–Crippen LogP) is 1.23. The summed E-state index contributed by atoms with van der Waals surface area (Å²) in [5.41, 5.74) is 0. The first-order chi connectivity index (χ1) is 6.20. The second-order valence-electron chi connectivity index (χ2n) is 2.89. The molecule has 0 aromatic carbocycles. The molecule has 13 heavy (non-hydrogen) atoms. The monoisotopic (exact) mass is 205 g/mol. The van der Waals surface area contributed by atoms with Gasteiger partial charge in [-0.05, 0) is 38.9 Å². The summed E-state index contributed by atoms with van der Waals surface area (Å²) in [6, 6.07) is 0. The van der Waals surface area contributed by atoms with E-state index in [1.165, 1.54) is 0 Å². The van der Waals surface area contributed by atoms with Crippen molar-refractivity contribution in [2.45, 2.75) is 13.3 Å². The number of nitrogens with zero attached hydrogens (tertiary/aromatic N) is 1. The third-order valence-corrected chi connectivity index (χ3v) is 2.29. The molecule has 0 fully saturated rings. The van der Waals surface area contributed by atoms with Gasteiger partial charge in [-0.3, -0.25) is 9.69 Å². The van der Waals surface area contributed by atoms with E-state index in [0.717, 1.165) is 18.7 Å². The van der Waals surface area contributed by atoms with Gasteiger partial charge in [0.15, 0.2) is 0 Å². The van der Waals surface area contributed by atoms with Gasteiger partial charge in [-0.15, -0.1) is 0 Å². The van der Waals surface area contributed by atoms with Gasteiger partial charge in [0.25, 0.3) is 0 Å². The smallest absolute Gasteiger partial charge is 0.320 e. The Hall–Kier alpha value is -0.220. The molecule has 0 saturated heterocycles. The van der Waals surface area contributed by atoms with E-state index in [-0.39, 0.29) is 5.97 Å². The molecule has 0 aromatic heterocycles. The van der Waals surface area contributed by atoms with E-state index in [0.29, 0.717) is 13.2 Å². The number of esters is 1. The minimum atomic E-state index is -0.130. The topological polar surface area (TPSA) is 29.5 Å². The Kier molecular flexibility index (Phi) is 8.24. The van der Waals surface area contributed by atoms with Gasteiger partial charge in [0, 0.05) is 0 Å². The highest BCUT2D eigenvalue weighted by Gasteiger charge is 2.05. The molecular formula is C9H19NO2S. The molecule has 0 aliphatic heterocycles. The highest BCUT2D eigenvalue weighted by molar-refractivity contribution is 7.98. The predicted molar refractivity (Wildman–Crippen MR) is 57.1 cm³/mol. The number of thioether (sulfide) groups is 1. The summed E-state index contributed by atoms with van der Waals surface area (Å²) in [5, 5.41) is 0. The molecule has 0 saturated carbocycles. The summed E-state index contributed by atoms with van der Waals surface area (Å²) < 4.78 is 4.83. The number of ether oxygens (including phenoxy) is 1. The fourth-order valence-electron chi connectivity index (χ4n) is 0.985. The SMILES string of the molecule is CCOC(=O)CN(C)CCCSC. The highest BCUT2D eigenvalue weighted by atomic mass is 32.2. The van der Waals surface area contributed by atoms with E-state index in [4.69, 9.17) is 4.74 Å². The van der Waals surface area contributed by atoms with Crippen molar-refractivity contribution in [2.24, 2.45) is 0 Å². The molecule has 0 aliphatic rings. The van der Waals surface area contributed by atoms with E-state index in [9.17, 15) is 4.79 Å². The molecule has 0 radical (unpaired) electrons. The molecule has 0 atom stereocenters. The van der Waals surface area contributed by atoms with Crippen LogP contribution in [0.1, 0.15) is 13.3 Å². The van der Waals surface area contributed by atoms with Gasteiger partial charge in [0.05, 0.1) is 13.2 Å². The molecule has 0 aliphatic carbocycles. The number of hydrogen-bond donors (Lipinski definition) is 0. The number of rotatable bonds is 7. The van der Waals surface area contributed by atoms with Crippen LogP contribution in [0.15, 0.2) is 0 Å². The zero-order valence-corrected chi connectivity index (χ0v) is 9.52. The van der Waals surface area contributed by atoms with E-state index in [1.54, 1.807) is 0 Å². The van der Waals surface area contributed by atoms with Crippen LogP contribution in [0.25, 0.3) is 0 Å². The van der Waals surface area contributed by atoms with Gasteiger partial charge >= 0.3 is 5.97 Å². The molecule has 0 N–H and O–H groups in total. The Balaban J connectivity index is 3.38. The van der Waals surface area contributed by atoms with Gasteiger partial charge in [-0.25, -0.2) is 0 Å². The van der Waals surface area contributed by atoms with Crippen LogP contribution in [-0.4, -0.2) is 49.6 Å². The first-order valence-electron chi connectivity index (χ1n) is 4.53. The van der Waals surface area contributed by atoms with Crippen LogP contribution in [0.5, 0.6) is 0 Å². The average molecular weight is 205 g/mol. The number of hydrogen-bond acceptors (Lipinski definition) is 4. The lowest BCUT2D eigenvalue weighted by Gasteiger charge is -2.14. The maximum Gasteiger partial charge on any atom is 0.320 e. The van der Waals surface area contributed by atoms with E-state index in [1.807, 2.05) is 30.6 Å². The van der Waals surface area contributed by atoms with Gasteiger partial charge in [0.2, 0.25) is 0 Å². The van der Waals surface area contributed by atoms with E-state index in [2.05, 4.69) is 6.26 Å². The third kappa shape index (κ3) is 8.12. The molecular weight excluding hydrogens is 186 g/mol. The molecule has 0 unspecified atom stereocenters. The Bertz CT molecular complexity index is 142. The quantitative estimate of drug-likeness (QED) is 0.462. The first-order valence-corrected chi connectivity index (χ1v) is 5.93. The Morgan fingerprint density at radius 2 is 2.23 bits per heavy atom. The molecule has 0 spiro atoms. The van der Waals surface area contributed by atoms with Gasteiger partial charge in [-0.1, -0.05) is 0 Å².